The predicted octanol–water partition coefficient (Wildman–Crippen LogP) is 4.14. The number of halogens is 1. The van der Waals surface area contributed by atoms with Crippen molar-refractivity contribution in [3.8, 4) is 5.75 Å². The van der Waals surface area contributed by atoms with Gasteiger partial charge in [0.05, 0.1) is 5.69 Å². The van der Waals surface area contributed by atoms with Crippen molar-refractivity contribution in [3.05, 3.63) is 53.6 Å². The van der Waals surface area contributed by atoms with Crippen molar-refractivity contribution in [3.63, 3.8) is 0 Å². The maximum atomic E-state index is 10.1. The molecule has 2 aromatic rings. The van der Waals surface area contributed by atoms with E-state index in [1.807, 2.05) is 42.5 Å². The minimum Gasteiger partial charge on any atom is -0.506 e. The van der Waals surface area contributed by atoms with Crippen LogP contribution < -0.4 is 4.90 Å². The second-order valence-electron chi connectivity index (χ2n) is 5.27. The van der Waals surface area contributed by atoms with Gasteiger partial charge < -0.3 is 14.9 Å². The van der Waals surface area contributed by atoms with E-state index in [-0.39, 0.29) is 5.75 Å². The molecule has 3 nitrogen and oxygen atoms in total. The highest BCUT2D eigenvalue weighted by Crippen LogP contribution is 2.33. The molecule has 0 saturated carbocycles. The van der Waals surface area contributed by atoms with Crippen molar-refractivity contribution in [2.45, 2.75) is 6.42 Å². The monoisotopic (exact) mass is 304 g/mol. The van der Waals surface area contributed by atoms with Gasteiger partial charge >= 0.3 is 0 Å². The van der Waals surface area contributed by atoms with Crippen LogP contribution >= 0.6 is 11.6 Å². The molecule has 0 aliphatic rings. The Morgan fingerprint density at radius 2 is 1.62 bits per heavy atom. The first-order valence-electron chi connectivity index (χ1n) is 7.04. The highest BCUT2D eigenvalue weighted by molar-refractivity contribution is 6.30. The van der Waals surface area contributed by atoms with Crippen LogP contribution in [-0.4, -0.2) is 37.2 Å². The van der Waals surface area contributed by atoms with Crippen LogP contribution in [0.3, 0.4) is 0 Å². The van der Waals surface area contributed by atoms with Crippen LogP contribution in [0.4, 0.5) is 11.4 Å². The second kappa shape index (κ2) is 7.34. The Kier molecular flexibility index (Phi) is 5.48. The van der Waals surface area contributed by atoms with Crippen molar-refractivity contribution in [1.29, 1.82) is 0 Å². The maximum Gasteiger partial charge on any atom is 0.139 e. The van der Waals surface area contributed by atoms with Crippen molar-refractivity contribution >= 4 is 23.0 Å². The zero-order valence-corrected chi connectivity index (χ0v) is 13.2. The minimum atomic E-state index is 0.289. The summed E-state index contributed by atoms with van der Waals surface area (Å²) in [6, 6.07) is 15.1. The summed E-state index contributed by atoms with van der Waals surface area (Å²) in [5.74, 6) is 0.289. The number of nitrogens with zero attached hydrogens (tertiary/aromatic N) is 2. The molecule has 0 saturated heterocycles. The largest absolute Gasteiger partial charge is 0.506 e. The molecule has 2 rings (SSSR count). The first kappa shape index (κ1) is 15.7. The molecule has 0 unspecified atom stereocenters. The van der Waals surface area contributed by atoms with Crippen LogP contribution in [0.15, 0.2) is 48.5 Å². The Bertz CT molecular complexity index is 569. The molecule has 0 bridgehead atoms. The fourth-order valence-electron chi connectivity index (χ4n) is 2.25. The summed E-state index contributed by atoms with van der Waals surface area (Å²) in [5.41, 5.74) is 1.85. The van der Waals surface area contributed by atoms with E-state index in [1.165, 1.54) is 0 Å². The van der Waals surface area contributed by atoms with Gasteiger partial charge in [-0.3, -0.25) is 0 Å². The Balaban J connectivity index is 2.26. The van der Waals surface area contributed by atoms with Gasteiger partial charge in [0, 0.05) is 17.3 Å². The summed E-state index contributed by atoms with van der Waals surface area (Å²) < 4.78 is 0. The maximum absolute atomic E-state index is 10.1. The highest BCUT2D eigenvalue weighted by Gasteiger charge is 2.12. The van der Waals surface area contributed by atoms with Gasteiger partial charge in [-0.15, -0.1) is 0 Å². The molecular weight excluding hydrogens is 284 g/mol. The molecule has 4 heteroatoms. The number of benzene rings is 2. The zero-order valence-electron chi connectivity index (χ0n) is 12.5. The Labute approximate surface area is 131 Å². The molecule has 0 aromatic heterocycles. The average Bonchev–Trinajstić information content (AvgIpc) is 2.46. The van der Waals surface area contributed by atoms with Gasteiger partial charge in [0.1, 0.15) is 5.75 Å². The smallest absolute Gasteiger partial charge is 0.139 e. The van der Waals surface area contributed by atoms with E-state index in [4.69, 9.17) is 11.6 Å². The fraction of sp³-hybridized carbons (Fsp3) is 0.294. The third-order valence-electron chi connectivity index (χ3n) is 3.30. The van der Waals surface area contributed by atoms with Crippen LogP contribution in [0.25, 0.3) is 0 Å². The molecular formula is C17H21ClN2O. The van der Waals surface area contributed by atoms with Gasteiger partial charge in [0.25, 0.3) is 0 Å². The molecule has 0 atom stereocenters. The lowest BCUT2D eigenvalue weighted by Crippen LogP contribution is -2.23. The number of aromatic hydroxyl groups is 1. The second-order valence-corrected chi connectivity index (χ2v) is 5.71. The Morgan fingerprint density at radius 1 is 0.952 bits per heavy atom. The fourth-order valence-corrected chi connectivity index (χ4v) is 2.37. The summed E-state index contributed by atoms with van der Waals surface area (Å²) in [5, 5.41) is 10.8. The van der Waals surface area contributed by atoms with Crippen molar-refractivity contribution in [2.24, 2.45) is 0 Å². The molecule has 0 amide bonds. The topological polar surface area (TPSA) is 26.7 Å². The van der Waals surface area contributed by atoms with E-state index in [0.717, 1.165) is 30.9 Å². The van der Waals surface area contributed by atoms with E-state index in [0.29, 0.717) is 5.02 Å². The van der Waals surface area contributed by atoms with Gasteiger partial charge in [-0.1, -0.05) is 23.7 Å². The van der Waals surface area contributed by atoms with Gasteiger partial charge in [-0.25, -0.2) is 0 Å². The van der Waals surface area contributed by atoms with Gasteiger partial charge in [-0.05, 0) is 63.5 Å². The van der Waals surface area contributed by atoms with Gasteiger partial charge in [-0.2, -0.15) is 0 Å². The van der Waals surface area contributed by atoms with Crippen molar-refractivity contribution < 1.29 is 5.11 Å². The molecule has 2 aromatic carbocycles. The van der Waals surface area contributed by atoms with E-state index in [1.54, 1.807) is 6.07 Å². The highest BCUT2D eigenvalue weighted by atomic mass is 35.5. The van der Waals surface area contributed by atoms with E-state index >= 15 is 0 Å². The number of phenols is 1. The summed E-state index contributed by atoms with van der Waals surface area (Å²) in [6.45, 7) is 1.83. The molecule has 0 aliphatic heterocycles. The van der Waals surface area contributed by atoms with Gasteiger partial charge in [0.15, 0.2) is 0 Å². The van der Waals surface area contributed by atoms with Crippen LogP contribution in [0.5, 0.6) is 5.75 Å². The molecule has 112 valence electrons. The first-order chi connectivity index (χ1) is 10.1. The zero-order chi connectivity index (χ0) is 15.2. The quantitative estimate of drug-likeness (QED) is 0.869. The van der Waals surface area contributed by atoms with Crippen molar-refractivity contribution in [1.82, 2.24) is 4.90 Å². The van der Waals surface area contributed by atoms with Crippen LogP contribution in [-0.2, 0) is 0 Å². The van der Waals surface area contributed by atoms with E-state index < -0.39 is 0 Å². The third kappa shape index (κ3) is 4.38. The summed E-state index contributed by atoms with van der Waals surface area (Å²) in [7, 11) is 4.12. The SMILES string of the molecule is CN(C)CCCN(c1ccc(Cl)cc1)c1ccccc1O. The third-order valence-corrected chi connectivity index (χ3v) is 3.55. The molecule has 0 radical (unpaired) electrons. The molecule has 0 fully saturated rings. The summed E-state index contributed by atoms with van der Waals surface area (Å²) in [6.07, 6.45) is 1.00. The summed E-state index contributed by atoms with van der Waals surface area (Å²) in [4.78, 5) is 4.28. The number of phenolic OH excluding ortho intramolecular Hbond substituents is 1. The molecule has 0 aliphatic carbocycles. The number of hydrogen-bond donors (Lipinski definition) is 1. The number of anilines is 2. The predicted molar refractivity (Wildman–Crippen MR) is 89.7 cm³/mol. The number of rotatable bonds is 6. The van der Waals surface area contributed by atoms with E-state index in [2.05, 4.69) is 23.9 Å². The van der Waals surface area contributed by atoms with Crippen LogP contribution in [0, 0.1) is 0 Å². The molecule has 21 heavy (non-hydrogen) atoms. The number of hydrogen-bond acceptors (Lipinski definition) is 3. The molecule has 1 N–H and O–H groups in total. The van der Waals surface area contributed by atoms with Crippen LogP contribution in [0.2, 0.25) is 5.02 Å². The van der Waals surface area contributed by atoms with Crippen LogP contribution in [0.1, 0.15) is 6.42 Å². The Hall–Kier alpha value is -1.71. The summed E-state index contributed by atoms with van der Waals surface area (Å²) >= 11 is 5.96. The van der Waals surface area contributed by atoms with E-state index in [9.17, 15) is 5.11 Å². The molecule has 0 heterocycles. The lowest BCUT2D eigenvalue weighted by atomic mass is 10.2. The van der Waals surface area contributed by atoms with Crippen molar-refractivity contribution in [2.75, 3.05) is 32.1 Å². The normalized spacial score (nSPS) is 10.9. The average molecular weight is 305 g/mol. The minimum absolute atomic E-state index is 0.289. The standard InChI is InChI=1S/C17H21ClN2O/c1-19(2)12-5-13-20(15-10-8-14(18)9-11-15)16-6-3-4-7-17(16)21/h3-4,6-11,21H,5,12-13H2,1-2H3. The number of para-hydroxylation sites is 2. The lowest BCUT2D eigenvalue weighted by Gasteiger charge is -2.26. The van der Waals surface area contributed by atoms with Gasteiger partial charge in [0.2, 0.25) is 0 Å². The molecule has 0 spiro atoms. The Morgan fingerprint density at radius 3 is 2.24 bits per heavy atom. The first-order valence-corrected chi connectivity index (χ1v) is 7.41. The lowest BCUT2D eigenvalue weighted by molar-refractivity contribution is 0.402.